The fourth-order valence-electron chi connectivity index (χ4n) is 4.71. The van der Waals surface area contributed by atoms with E-state index in [1.807, 2.05) is 19.2 Å². The van der Waals surface area contributed by atoms with E-state index in [-0.39, 0.29) is 42.0 Å². The van der Waals surface area contributed by atoms with Gasteiger partial charge in [-0.1, -0.05) is 65.8 Å². The molecule has 0 spiro atoms. The van der Waals surface area contributed by atoms with Gasteiger partial charge in [0.1, 0.15) is 6.26 Å². The summed E-state index contributed by atoms with van der Waals surface area (Å²) in [6.07, 6.45) is 3.21. The first-order chi connectivity index (χ1) is 16.4. The molecule has 0 radical (unpaired) electrons. The lowest BCUT2D eigenvalue weighted by molar-refractivity contribution is -0.910. The van der Waals surface area contributed by atoms with Gasteiger partial charge < -0.3 is 41.1 Å². The Labute approximate surface area is 215 Å². The lowest BCUT2D eigenvalue weighted by Crippen LogP contribution is -3.00. The van der Waals surface area contributed by atoms with Crippen LogP contribution in [-0.2, 0) is 19.9 Å². The van der Waals surface area contributed by atoms with Crippen molar-refractivity contribution in [3.05, 3.63) is 84.1 Å². The number of amides is 1. The van der Waals surface area contributed by atoms with Gasteiger partial charge >= 0.3 is 5.97 Å². The van der Waals surface area contributed by atoms with Gasteiger partial charge in [0.2, 0.25) is 5.60 Å². The number of aliphatic hydroxyl groups is 1. The van der Waals surface area contributed by atoms with E-state index < -0.39 is 11.6 Å². The fourth-order valence-corrected chi connectivity index (χ4v) is 4.71. The third-order valence-electron chi connectivity index (χ3n) is 6.37. The van der Waals surface area contributed by atoms with Gasteiger partial charge in [-0.2, -0.15) is 0 Å². The Hall–Kier alpha value is -3.01. The minimum Gasteiger partial charge on any atom is -1.00 e. The van der Waals surface area contributed by atoms with Gasteiger partial charge in [-0.25, -0.2) is 4.79 Å². The van der Waals surface area contributed by atoms with Gasteiger partial charge in [0.25, 0.3) is 5.91 Å². The Balaban J connectivity index is 0.00000342. The van der Waals surface area contributed by atoms with Crippen molar-refractivity contribution < 1.29 is 45.4 Å². The summed E-state index contributed by atoms with van der Waals surface area (Å²) in [5, 5.41) is 18.0. The highest BCUT2D eigenvalue weighted by molar-refractivity contribution is 5.90. The standard InChI is InChI=1S/C26H29N3O5.BrH/c1-29(18-24(30)27-23-14-16-34-28-23)15-8-9-20(17-29)19-33-25(31)26(32,21-10-4-2-5-11-21)22-12-6-3-7-13-22;/h2-7,10-14,16,20,32H,8-9,15,17-19H2,1H3;1H/t20-,29?;/m1./s1. The summed E-state index contributed by atoms with van der Waals surface area (Å²) >= 11 is 0. The maximum absolute atomic E-state index is 13.3. The van der Waals surface area contributed by atoms with Crippen LogP contribution in [0.25, 0.3) is 0 Å². The Morgan fingerprint density at radius 1 is 1.11 bits per heavy atom. The Morgan fingerprint density at radius 3 is 2.31 bits per heavy atom. The second-order valence-electron chi connectivity index (χ2n) is 9.17. The Morgan fingerprint density at radius 2 is 1.74 bits per heavy atom. The minimum atomic E-state index is -1.90. The maximum Gasteiger partial charge on any atom is 0.347 e. The van der Waals surface area contributed by atoms with E-state index in [1.54, 1.807) is 54.6 Å². The zero-order valence-electron chi connectivity index (χ0n) is 19.6. The van der Waals surface area contributed by atoms with Crippen molar-refractivity contribution >= 4 is 17.7 Å². The lowest BCUT2D eigenvalue weighted by Gasteiger charge is -2.40. The predicted molar refractivity (Wildman–Crippen MR) is 125 cm³/mol. The number of likely N-dealkylation sites (tertiary alicyclic amines) is 1. The van der Waals surface area contributed by atoms with Crippen molar-refractivity contribution in [2.75, 3.05) is 38.6 Å². The van der Waals surface area contributed by atoms with Crippen LogP contribution in [0.15, 0.2) is 77.5 Å². The normalized spacial score (nSPS) is 19.9. The number of hydrogen-bond donors (Lipinski definition) is 2. The number of nitrogens with zero attached hydrogens (tertiary/aromatic N) is 2. The van der Waals surface area contributed by atoms with Crippen molar-refractivity contribution in [3.63, 3.8) is 0 Å². The number of benzene rings is 2. The highest BCUT2D eigenvalue weighted by Gasteiger charge is 2.42. The van der Waals surface area contributed by atoms with Gasteiger partial charge in [-0.3, -0.25) is 4.79 Å². The first kappa shape index (κ1) is 26.6. The average Bonchev–Trinajstić information content (AvgIpc) is 3.35. The highest BCUT2D eigenvalue weighted by atomic mass is 79.9. The second-order valence-corrected chi connectivity index (χ2v) is 9.17. The SMILES string of the molecule is C[N+]1(CC(=O)Nc2ccon2)CCC[C@@H](COC(=O)C(O)(c2ccccc2)c2ccccc2)C1.[Br-]. The summed E-state index contributed by atoms with van der Waals surface area (Å²) in [6.45, 7) is 2.01. The Bertz CT molecular complexity index is 1060. The van der Waals surface area contributed by atoms with Crippen LogP contribution in [-0.4, -0.2) is 59.9 Å². The molecule has 35 heavy (non-hydrogen) atoms. The number of ether oxygens (including phenoxy) is 1. The van der Waals surface area contributed by atoms with Crippen molar-refractivity contribution in [2.24, 2.45) is 5.92 Å². The van der Waals surface area contributed by atoms with E-state index in [2.05, 4.69) is 10.5 Å². The zero-order chi connectivity index (χ0) is 24.0. The molecule has 1 fully saturated rings. The van der Waals surface area contributed by atoms with Crippen molar-refractivity contribution in [2.45, 2.75) is 18.4 Å². The minimum absolute atomic E-state index is 0. The average molecular weight is 544 g/mol. The molecule has 1 aliphatic heterocycles. The van der Waals surface area contributed by atoms with Crippen molar-refractivity contribution in [3.8, 4) is 0 Å². The molecule has 2 heterocycles. The summed E-state index contributed by atoms with van der Waals surface area (Å²) in [7, 11) is 2.03. The van der Waals surface area contributed by atoms with Gasteiger partial charge in [-0.15, -0.1) is 0 Å². The number of piperidine rings is 1. The van der Waals surface area contributed by atoms with Crippen LogP contribution in [0.2, 0.25) is 0 Å². The number of aromatic nitrogens is 1. The van der Waals surface area contributed by atoms with E-state index >= 15 is 0 Å². The third-order valence-corrected chi connectivity index (χ3v) is 6.37. The number of carbonyl (C=O) groups is 2. The summed E-state index contributed by atoms with van der Waals surface area (Å²) in [4.78, 5) is 25.7. The highest BCUT2D eigenvalue weighted by Crippen LogP contribution is 2.32. The molecule has 2 atom stereocenters. The molecule has 1 amide bonds. The molecule has 2 N–H and O–H groups in total. The predicted octanol–water partition coefficient (Wildman–Crippen LogP) is -0.0470. The van der Waals surface area contributed by atoms with Crippen molar-refractivity contribution in [1.29, 1.82) is 0 Å². The van der Waals surface area contributed by atoms with Crippen LogP contribution >= 0.6 is 0 Å². The first-order valence-electron chi connectivity index (χ1n) is 11.4. The van der Waals surface area contributed by atoms with Gasteiger partial charge in [-0.05, 0) is 24.0 Å². The molecule has 1 unspecified atom stereocenters. The molecule has 2 aromatic carbocycles. The summed E-state index contributed by atoms with van der Waals surface area (Å²) in [5.74, 6) is -0.372. The van der Waals surface area contributed by atoms with E-state index in [4.69, 9.17) is 9.26 Å². The van der Waals surface area contributed by atoms with Crippen LogP contribution in [0.3, 0.4) is 0 Å². The first-order valence-corrected chi connectivity index (χ1v) is 11.4. The molecule has 1 aromatic heterocycles. The van der Waals surface area contributed by atoms with E-state index in [0.29, 0.717) is 28.0 Å². The van der Waals surface area contributed by atoms with Crippen LogP contribution < -0.4 is 22.3 Å². The fraction of sp³-hybridized carbons (Fsp3) is 0.346. The topological polar surface area (TPSA) is 102 Å². The maximum atomic E-state index is 13.3. The van der Waals surface area contributed by atoms with Crippen LogP contribution in [0, 0.1) is 5.92 Å². The van der Waals surface area contributed by atoms with Gasteiger partial charge in [0, 0.05) is 12.0 Å². The largest absolute Gasteiger partial charge is 1.00 e. The number of nitrogens with one attached hydrogen (secondary N) is 1. The quantitative estimate of drug-likeness (QED) is 0.305. The second kappa shape index (κ2) is 11.6. The summed E-state index contributed by atoms with van der Waals surface area (Å²) < 4.78 is 11.0. The molecular weight excluding hydrogens is 514 g/mol. The van der Waals surface area contributed by atoms with E-state index in [9.17, 15) is 14.7 Å². The van der Waals surface area contributed by atoms with Crippen LogP contribution in [0.1, 0.15) is 24.0 Å². The number of halogens is 1. The van der Waals surface area contributed by atoms with Gasteiger partial charge in [0.15, 0.2) is 12.4 Å². The molecule has 186 valence electrons. The lowest BCUT2D eigenvalue weighted by atomic mass is 9.86. The molecule has 0 saturated carbocycles. The molecule has 9 heteroatoms. The monoisotopic (exact) mass is 543 g/mol. The number of anilines is 1. The molecule has 0 bridgehead atoms. The molecule has 1 saturated heterocycles. The number of quaternary nitrogens is 1. The summed E-state index contributed by atoms with van der Waals surface area (Å²) in [5.41, 5.74) is -0.979. The number of carbonyl (C=O) groups excluding carboxylic acids is 2. The molecular formula is C26H30BrN3O5. The van der Waals surface area contributed by atoms with E-state index in [1.165, 1.54) is 6.26 Å². The number of hydrogen-bond acceptors (Lipinski definition) is 6. The van der Waals surface area contributed by atoms with Crippen LogP contribution in [0.4, 0.5) is 5.82 Å². The van der Waals surface area contributed by atoms with Gasteiger partial charge in [0.05, 0.1) is 26.7 Å². The zero-order valence-corrected chi connectivity index (χ0v) is 21.2. The van der Waals surface area contributed by atoms with E-state index in [0.717, 1.165) is 19.4 Å². The van der Waals surface area contributed by atoms with Crippen LogP contribution in [0.5, 0.6) is 0 Å². The Kier molecular flexibility index (Phi) is 8.82. The molecule has 1 aliphatic rings. The molecule has 3 aromatic rings. The number of esters is 1. The smallest absolute Gasteiger partial charge is 0.347 e. The third kappa shape index (κ3) is 6.36. The molecule has 4 rings (SSSR count). The van der Waals surface area contributed by atoms with Crippen molar-refractivity contribution in [1.82, 2.24) is 5.16 Å². The number of rotatable bonds is 8. The molecule has 0 aliphatic carbocycles. The summed E-state index contributed by atoms with van der Waals surface area (Å²) in [6, 6.07) is 19.3. The molecule has 8 nitrogen and oxygen atoms in total. The number of likely N-dealkylation sites (N-methyl/N-ethyl adjacent to an activating group) is 1.